The lowest BCUT2D eigenvalue weighted by molar-refractivity contribution is -0.870. The maximum Gasteiger partial charge on any atom is 0.268 e. The zero-order valence-electron chi connectivity index (χ0n) is 60.6. The number of quaternary nitrogens is 1. The first-order chi connectivity index (χ1) is 45.5. The van der Waals surface area contributed by atoms with Gasteiger partial charge in [0.15, 0.2) is 0 Å². The molecule has 93 heavy (non-hydrogen) atoms. The number of hydrogen-bond donors (Lipinski definition) is 2. The fourth-order valence-corrected chi connectivity index (χ4v) is 11.1. The van der Waals surface area contributed by atoms with Crippen LogP contribution in [-0.2, 0) is 18.4 Å². The van der Waals surface area contributed by atoms with E-state index in [1.165, 1.54) is 154 Å². The quantitative estimate of drug-likeness (QED) is 0.0272. The van der Waals surface area contributed by atoms with E-state index < -0.39 is 26.6 Å². The predicted molar refractivity (Wildman–Crippen MR) is 407 cm³/mol. The van der Waals surface area contributed by atoms with Gasteiger partial charge in [-0.1, -0.05) is 344 Å². The van der Waals surface area contributed by atoms with Crippen molar-refractivity contribution in [3.8, 4) is 0 Å². The monoisotopic (exact) mass is 1310 g/mol. The van der Waals surface area contributed by atoms with Gasteiger partial charge in [-0.2, -0.15) is 0 Å². The van der Waals surface area contributed by atoms with Crippen LogP contribution in [0.2, 0.25) is 0 Å². The van der Waals surface area contributed by atoms with E-state index in [1.54, 1.807) is 6.08 Å². The second kappa shape index (κ2) is 72.1. The third-order valence-electron chi connectivity index (χ3n) is 16.2. The Bertz CT molecular complexity index is 2130. The first-order valence-electron chi connectivity index (χ1n) is 38.0. The van der Waals surface area contributed by atoms with Crippen LogP contribution in [-0.4, -0.2) is 68.5 Å². The van der Waals surface area contributed by atoms with Crippen LogP contribution in [0.3, 0.4) is 0 Å². The molecule has 0 saturated heterocycles. The van der Waals surface area contributed by atoms with Gasteiger partial charge in [0.1, 0.15) is 13.2 Å². The van der Waals surface area contributed by atoms with E-state index >= 15 is 0 Å². The second-order valence-electron chi connectivity index (χ2n) is 26.3. The maximum absolute atomic E-state index is 13.0. The standard InChI is InChI=1S/C84H143N2O6P/c1-6-8-10-12-14-16-18-20-22-24-26-28-30-32-34-36-38-39-40-41-42-43-44-45-46-47-48-50-52-54-56-58-60-62-64-66-68-70-72-74-76-78-84(88)85-82(81-92-93(89,90)91-80-79-86(3,4)5)83(87)77-75-73-71-69-67-65-63-61-59-57-55-53-51-49-37-35-33-31-29-27-25-23-21-19-17-15-13-11-9-7-2/h8,10,14,16,20,22,26,28,32,34,38-39,41-42,44-45,47-48,52,54,58,60,64,66-67,69,75,77,82-83,87H,6-7,9,11-13,15,17-19,21,23-25,27,29-31,33,35-37,40,43,46,49-51,53,55-57,59,61-63,65,68,70-74,76,78-81H2,1-5H3,(H-,85,88,89,90)/b10-8-,16-14-,22-20-,28-26-,34-32-,39-38-,42-41-,45-44-,48-47-,54-52-,60-58-,66-64-,69-67+,77-75+. The summed E-state index contributed by atoms with van der Waals surface area (Å²) in [4.78, 5) is 25.7. The Morgan fingerprint density at radius 3 is 1.00 bits per heavy atom. The number of unbranched alkanes of at least 4 members (excludes halogenated alkanes) is 29. The van der Waals surface area contributed by atoms with E-state index in [1.807, 2.05) is 27.2 Å². The summed E-state index contributed by atoms with van der Waals surface area (Å²) in [6.07, 6.45) is 114. The average molecular weight is 1310 g/mol. The first-order valence-corrected chi connectivity index (χ1v) is 39.5. The topological polar surface area (TPSA) is 108 Å². The van der Waals surface area contributed by atoms with Gasteiger partial charge in [-0.25, -0.2) is 0 Å². The minimum atomic E-state index is -4.63. The lowest BCUT2D eigenvalue weighted by Gasteiger charge is -2.29. The van der Waals surface area contributed by atoms with Gasteiger partial charge in [-0.15, -0.1) is 0 Å². The zero-order valence-corrected chi connectivity index (χ0v) is 61.5. The Hall–Kier alpha value is -4.14. The molecule has 530 valence electrons. The van der Waals surface area contributed by atoms with E-state index in [2.05, 4.69) is 177 Å². The van der Waals surface area contributed by atoms with Crippen molar-refractivity contribution in [1.29, 1.82) is 0 Å². The summed E-state index contributed by atoms with van der Waals surface area (Å²) in [7, 11) is 1.21. The maximum atomic E-state index is 13.0. The lowest BCUT2D eigenvalue weighted by Crippen LogP contribution is -2.45. The third kappa shape index (κ3) is 75.1. The molecule has 0 aliphatic carbocycles. The number of carbonyl (C=O) groups excluding carboxylic acids is 1. The van der Waals surface area contributed by atoms with Gasteiger partial charge in [0.05, 0.1) is 39.9 Å². The molecule has 0 aromatic heterocycles. The highest BCUT2D eigenvalue weighted by atomic mass is 31.2. The number of nitrogens with zero attached hydrogens (tertiary/aromatic N) is 1. The fraction of sp³-hybridized carbons (Fsp3) is 0.655. The number of allylic oxidation sites excluding steroid dienone is 27. The number of amides is 1. The molecule has 0 aromatic carbocycles. The summed E-state index contributed by atoms with van der Waals surface area (Å²) in [6.45, 7) is 4.50. The zero-order chi connectivity index (χ0) is 67.6. The van der Waals surface area contributed by atoms with Gasteiger partial charge in [0.25, 0.3) is 7.82 Å². The summed E-state index contributed by atoms with van der Waals surface area (Å²) in [6, 6.07) is -0.932. The predicted octanol–water partition coefficient (Wildman–Crippen LogP) is 24.4. The van der Waals surface area contributed by atoms with E-state index in [-0.39, 0.29) is 12.5 Å². The molecule has 0 spiro atoms. The van der Waals surface area contributed by atoms with Gasteiger partial charge < -0.3 is 28.8 Å². The van der Waals surface area contributed by atoms with Crippen molar-refractivity contribution in [1.82, 2.24) is 5.32 Å². The van der Waals surface area contributed by atoms with Gasteiger partial charge in [0, 0.05) is 6.42 Å². The molecular formula is C84H143N2O6P. The molecule has 0 heterocycles. The van der Waals surface area contributed by atoms with E-state index in [9.17, 15) is 19.4 Å². The summed E-state index contributed by atoms with van der Waals surface area (Å²) in [5, 5.41) is 13.9. The van der Waals surface area contributed by atoms with Crippen molar-refractivity contribution in [3.05, 3.63) is 170 Å². The summed E-state index contributed by atoms with van der Waals surface area (Å²) >= 11 is 0. The van der Waals surface area contributed by atoms with Crippen LogP contribution in [0.25, 0.3) is 0 Å². The molecule has 2 N–H and O–H groups in total. The molecule has 0 aromatic rings. The highest BCUT2D eigenvalue weighted by Gasteiger charge is 2.23. The molecule has 0 fully saturated rings. The molecule has 0 aliphatic rings. The van der Waals surface area contributed by atoms with Crippen LogP contribution < -0.4 is 10.2 Å². The number of phosphoric ester groups is 1. The Kier molecular flexibility index (Phi) is 68.9. The van der Waals surface area contributed by atoms with Gasteiger partial charge >= 0.3 is 0 Å². The second-order valence-corrected chi connectivity index (χ2v) is 27.7. The number of carbonyl (C=O) groups is 1. The van der Waals surface area contributed by atoms with E-state index in [4.69, 9.17) is 9.05 Å². The molecule has 0 aliphatic heterocycles. The normalized spacial score (nSPS) is 14.5. The van der Waals surface area contributed by atoms with Gasteiger partial charge in [0.2, 0.25) is 5.91 Å². The molecule has 0 saturated carbocycles. The summed E-state index contributed by atoms with van der Waals surface area (Å²) in [5.74, 6) is -0.236. The van der Waals surface area contributed by atoms with Crippen molar-refractivity contribution in [2.24, 2.45) is 0 Å². The van der Waals surface area contributed by atoms with Crippen LogP contribution in [0, 0.1) is 0 Å². The minimum absolute atomic E-state index is 0.0203. The smallest absolute Gasteiger partial charge is 0.268 e. The molecule has 0 bridgehead atoms. The number of hydrogen-bond acceptors (Lipinski definition) is 6. The van der Waals surface area contributed by atoms with Crippen LogP contribution in [0.5, 0.6) is 0 Å². The minimum Gasteiger partial charge on any atom is -0.756 e. The van der Waals surface area contributed by atoms with Crippen molar-refractivity contribution in [2.45, 2.75) is 315 Å². The van der Waals surface area contributed by atoms with Gasteiger partial charge in [-0.3, -0.25) is 9.36 Å². The van der Waals surface area contributed by atoms with Crippen LogP contribution in [0.1, 0.15) is 303 Å². The van der Waals surface area contributed by atoms with E-state index in [0.29, 0.717) is 23.9 Å². The number of likely N-dealkylation sites (N-methyl/N-ethyl adjacent to an activating group) is 1. The average Bonchev–Trinajstić information content (AvgIpc) is 2.75. The number of nitrogens with one attached hydrogen (secondary N) is 1. The number of aliphatic hydroxyl groups is 1. The summed E-state index contributed by atoms with van der Waals surface area (Å²) in [5.41, 5.74) is 0. The molecule has 0 radical (unpaired) electrons. The van der Waals surface area contributed by atoms with Gasteiger partial charge in [-0.05, 0) is 122 Å². The van der Waals surface area contributed by atoms with Crippen molar-refractivity contribution in [2.75, 3.05) is 40.9 Å². The third-order valence-corrected chi connectivity index (χ3v) is 17.1. The molecule has 9 heteroatoms. The van der Waals surface area contributed by atoms with Crippen LogP contribution >= 0.6 is 7.82 Å². The highest BCUT2D eigenvalue weighted by molar-refractivity contribution is 7.45. The molecule has 0 rings (SSSR count). The molecular weight excluding hydrogens is 1160 g/mol. The first kappa shape index (κ1) is 88.9. The van der Waals surface area contributed by atoms with Crippen molar-refractivity contribution >= 4 is 13.7 Å². The number of rotatable bonds is 68. The highest BCUT2D eigenvalue weighted by Crippen LogP contribution is 2.38. The molecule has 3 atom stereocenters. The lowest BCUT2D eigenvalue weighted by atomic mass is 10.0. The summed E-state index contributed by atoms with van der Waals surface area (Å²) < 4.78 is 23.4. The Balaban J connectivity index is 4.20. The molecule has 3 unspecified atom stereocenters. The number of aliphatic hydroxyl groups excluding tert-OH is 1. The van der Waals surface area contributed by atoms with Crippen molar-refractivity contribution in [3.63, 3.8) is 0 Å². The van der Waals surface area contributed by atoms with Crippen LogP contribution in [0.15, 0.2) is 170 Å². The van der Waals surface area contributed by atoms with Crippen molar-refractivity contribution < 1.29 is 32.9 Å². The Labute approximate surface area is 574 Å². The number of phosphoric acid groups is 1. The van der Waals surface area contributed by atoms with Crippen LogP contribution in [0.4, 0.5) is 0 Å². The van der Waals surface area contributed by atoms with E-state index in [0.717, 1.165) is 122 Å². The fourth-order valence-electron chi connectivity index (χ4n) is 10.3. The Morgan fingerprint density at radius 2 is 0.667 bits per heavy atom. The SMILES string of the molecule is CC/C=C\C/C=C\C/C=C\C/C=C\C/C=C\C/C=C\C/C=C\C/C=C\C/C=C\C/C=C\C/C=C\C/C=C\CCCCCCC(=O)NC(COP(=O)([O-])OCC[N+](C)(C)C)C(O)/C=C/CC/C=C/CCCCCCCCCCCCCCCCCCCCCCCCCC. The molecule has 1 amide bonds. The largest absolute Gasteiger partial charge is 0.756 e. The Morgan fingerprint density at radius 1 is 0.387 bits per heavy atom. The molecule has 8 nitrogen and oxygen atoms in total.